The van der Waals surface area contributed by atoms with Crippen molar-refractivity contribution in [3.8, 4) is 6.01 Å². The smallest absolute Gasteiger partial charge is 0.368 e. The van der Waals surface area contributed by atoms with E-state index in [0.717, 1.165) is 0 Å². The summed E-state index contributed by atoms with van der Waals surface area (Å²) in [6.07, 6.45) is -4.78. The van der Waals surface area contributed by atoms with Crippen molar-refractivity contribution in [2.45, 2.75) is 26.1 Å². The van der Waals surface area contributed by atoms with Crippen molar-refractivity contribution in [3.63, 3.8) is 0 Å². The van der Waals surface area contributed by atoms with Gasteiger partial charge in [0.15, 0.2) is 0 Å². The number of halogens is 3. The maximum Gasteiger partial charge on any atom is 0.575 e. The molecule has 7 heteroatoms. The molecular formula is C6H7F3N2O2. The van der Waals surface area contributed by atoms with Crippen molar-refractivity contribution in [2.24, 2.45) is 0 Å². The molecule has 0 aromatic carbocycles. The van der Waals surface area contributed by atoms with Gasteiger partial charge in [-0.15, -0.1) is 13.2 Å². The molecule has 4 nitrogen and oxygen atoms in total. The molecule has 0 aliphatic carbocycles. The number of hydrogen-bond acceptors (Lipinski definition) is 4. The van der Waals surface area contributed by atoms with Crippen molar-refractivity contribution in [3.05, 3.63) is 5.89 Å². The van der Waals surface area contributed by atoms with E-state index < -0.39 is 12.4 Å². The van der Waals surface area contributed by atoms with Crippen molar-refractivity contribution < 1.29 is 22.4 Å². The third-order valence-electron chi connectivity index (χ3n) is 1.12. The first-order valence-corrected chi connectivity index (χ1v) is 3.48. The van der Waals surface area contributed by atoms with Gasteiger partial charge in [0.2, 0.25) is 5.89 Å². The summed E-state index contributed by atoms with van der Waals surface area (Å²) in [6.45, 7) is 3.43. The molecule has 0 spiro atoms. The Balaban J connectivity index is 2.70. The van der Waals surface area contributed by atoms with Crippen molar-refractivity contribution >= 4 is 0 Å². The number of rotatable bonds is 2. The van der Waals surface area contributed by atoms with Crippen LogP contribution in [0.2, 0.25) is 0 Å². The largest absolute Gasteiger partial charge is 0.575 e. The zero-order valence-electron chi connectivity index (χ0n) is 6.92. The lowest BCUT2D eigenvalue weighted by molar-refractivity contribution is -0.278. The molecular weight excluding hydrogens is 189 g/mol. The molecule has 0 atom stereocenters. The van der Waals surface area contributed by atoms with Crippen LogP contribution in [0.25, 0.3) is 0 Å². The van der Waals surface area contributed by atoms with E-state index in [4.69, 9.17) is 0 Å². The number of alkyl halides is 3. The Labute approximate surface area is 71.7 Å². The zero-order chi connectivity index (χ0) is 10.1. The molecule has 0 radical (unpaired) electrons. The van der Waals surface area contributed by atoms with Gasteiger partial charge in [-0.25, -0.2) is 0 Å². The maximum atomic E-state index is 11.6. The highest BCUT2D eigenvalue weighted by atomic mass is 19.4. The Morgan fingerprint density at radius 2 is 2.00 bits per heavy atom. The molecule has 1 heterocycles. The van der Waals surface area contributed by atoms with Crippen LogP contribution in [0.3, 0.4) is 0 Å². The van der Waals surface area contributed by atoms with Crippen LogP contribution < -0.4 is 4.74 Å². The fourth-order valence-electron chi connectivity index (χ4n) is 0.600. The summed E-state index contributed by atoms with van der Waals surface area (Å²) in [5.41, 5.74) is 0. The average molecular weight is 196 g/mol. The summed E-state index contributed by atoms with van der Waals surface area (Å²) >= 11 is 0. The van der Waals surface area contributed by atoms with Gasteiger partial charge in [0.25, 0.3) is 0 Å². The zero-order valence-corrected chi connectivity index (χ0v) is 6.92. The predicted octanol–water partition coefficient (Wildman–Crippen LogP) is 2.09. The van der Waals surface area contributed by atoms with Gasteiger partial charge in [0.05, 0.1) is 0 Å². The van der Waals surface area contributed by atoms with Gasteiger partial charge in [-0.3, -0.25) is 0 Å². The molecule has 1 aromatic heterocycles. The summed E-state index contributed by atoms with van der Waals surface area (Å²) in [7, 11) is 0. The topological polar surface area (TPSA) is 48.2 Å². The number of nitrogens with zero attached hydrogens (tertiary/aromatic N) is 2. The van der Waals surface area contributed by atoms with Crippen LogP contribution in [0.15, 0.2) is 4.52 Å². The molecule has 0 fully saturated rings. The lowest BCUT2D eigenvalue weighted by atomic mass is 10.2. The molecule has 1 rings (SSSR count). The highest BCUT2D eigenvalue weighted by Crippen LogP contribution is 2.21. The SMILES string of the molecule is CC(C)c1nc(OC(F)(F)F)no1. The molecule has 0 saturated heterocycles. The number of aromatic nitrogens is 2. The Hall–Kier alpha value is -1.27. The van der Waals surface area contributed by atoms with E-state index in [1.807, 2.05) is 0 Å². The Bertz CT molecular complexity index is 282. The fourth-order valence-corrected chi connectivity index (χ4v) is 0.600. The van der Waals surface area contributed by atoms with Crippen LogP contribution >= 0.6 is 0 Å². The molecule has 0 unspecified atom stereocenters. The first-order chi connectivity index (χ1) is 5.88. The first-order valence-electron chi connectivity index (χ1n) is 3.48. The minimum Gasteiger partial charge on any atom is -0.368 e. The van der Waals surface area contributed by atoms with E-state index in [1.54, 1.807) is 13.8 Å². The second-order valence-corrected chi connectivity index (χ2v) is 2.62. The Morgan fingerprint density at radius 3 is 2.38 bits per heavy atom. The quantitative estimate of drug-likeness (QED) is 0.726. The normalized spacial score (nSPS) is 12.2. The van der Waals surface area contributed by atoms with Gasteiger partial charge < -0.3 is 9.26 Å². The van der Waals surface area contributed by atoms with Gasteiger partial charge in [-0.05, 0) is 5.16 Å². The second kappa shape index (κ2) is 3.23. The Kier molecular flexibility index (Phi) is 2.44. The minimum atomic E-state index is -4.78. The predicted molar refractivity (Wildman–Crippen MR) is 35.1 cm³/mol. The van der Waals surface area contributed by atoms with Gasteiger partial charge in [0.1, 0.15) is 0 Å². The summed E-state index contributed by atoms with van der Waals surface area (Å²) in [5, 5.41) is 2.99. The summed E-state index contributed by atoms with van der Waals surface area (Å²) in [5.74, 6) is -0.0164. The van der Waals surface area contributed by atoms with Crippen LogP contribution in [0.4, 0.5) is 13.2 Å². The average Bonchev–Trinajstić information content (AvgIpc) is 2.31. The molecule has 74 valence electrons. The molecule has 0 aliphatic heterocycles. The fraction of sp³-hybridized carbons (Fsp3) is 0.667. The summed E-state index contributed by atoms with van der Waals surface area (Å²) in [6, 6.07) is -0.809. The maximum absolute atomic E-state index is 11.6. The molecule has 0 N–H and O–H groups in total. The van der Waals surface area contributed by atoms with Gasteiger partial charge >= 0.3 is 12.4 Å². The third kappa shape index (κ3) is 2.92. The molecule has 0 amide bonds. The molecule has 0 aliphatic rings. The van der Waals surface area contributed by atoms with E-state index in [-0.39, 0.29) is 11.8 Å². The van der Waals surface area contributed by atoms with Crippen LogP contribution in [0.1, 0.15) is 25.7 Å². The van der Waals surface area contributed by atoms with E-state index in [9.17, 15) is 13.2 Å². The number of ether oxygens (including phenoxy) is 1. The van der Waals surface area contributed by atoms with Crippen molar-refractivity contribution in [1.29, 1.82) is 0 Å². The monoisotopic (exact) mass is 196 g/mol. The summed E-state index contributed by atoms with van der Waals surface area (Å²) < 4.78 is 42.7. The molecule has 0 bridgehead atoms. The molecule has 0 saturated carbocycles. The van der Waals surface area contributed by atoms with Crippen molar-refractivity contribution in [1.82, 2.24) is 10.1 Å². The van der Waals surface area contributed by atoms with E-state index in [1.165, 1.54) is 0 Å². The van der Waals surface area contributed by atoms with E-state index in [2.05, 4.69) is 19.4 Å². The van der Waals surface area contributed by atoms with Crippen LogP contribution in [0, 0.1) is 0 Å². The standard InChI is InChI=1S/C6H7F3N2O2/c1-3(2)4-10-5(11-13-4)12-6(7,8)9/h3H,1-2H3. The van der Waals surface area contributed by atoms with Crippen LogP contribution in [0.5, 0.6) is 6.01 Å². The van der Waals surface area contributed by atoms with Crippen LogP contribution in [-0.4, -0.2) is 16.5 Å². The third-order valence-corrected chi connectivity index (χ3v) is 1.12. The number of hydrogen-bond donors (Lipinski definition) is 0. The lowest BCUT2D eigenvalue weighted by Crippen LogP contribution is -2.17. The van der Waals surface area contributed by atoms with Crippen molar-refractivity contribution in [2.75, 3.05) is 0 Å². The summed E-state index contributed by atoms with van der Waals surface area (Å²) in [4.78, 5) is 3.38. The van der Waals surface area contributed by atoms with Crippen LogP contribution in [-0.2, 0) is 0 Å². The highest BCUT2D eigenvalue weighted by Gasteiger charge is 2.33. The minimum absolute atomic E-state index is 0.110. The van der Waals surface area contributed by atoms with Gasteiger partial charge in [0, 0.05) is 5.92 Å². The molecule has 1 aromatic rings. The van der Waals surface area contributed by atoms with Gasteiger partial charge in [-0.1, -0.05) is 13.8 Å². The molecule has 13 heavy (non-hydrogen) atoms. The van der Waals surface area contributed by atoms with E-state index in [0.29, 0.717) is 0 Å². The lowest BCUT2D eigenvalue weighted by Gasteiger charge is -2.01. The highest BCUT2D eigenvalue weighted by molar-refractivity contribution is 4.94. The van der Waals surface area contributed by atoms with E-state index >= 15 is 0 Å². The first kappa shape index (κ1) is 9.82. The van der Waals surface area contributed by atoms with Gasteiger partial charge in [-0.2, -0.15) is 4.98 Å². The second-order valence-electron chi connectivity index (χ2n) is 2.62. The Morgan fingerprint density at radius 1 is 1.38 bits per heavy atom.